The van der Waals surface area contributed by atoms with Crippen molar-refractivity contribution < 1.29 is 28.6 Å². The zero-order valence-electron chi connectivity index (χ0n) is 23.5. The van der Waals surface area contributed by atoms with Crippen molar-refractivity contribution in [3.8, 4) is 0 Å². The van der Waals surface area contributed by atoms with Gasteiger partial charge in [-0.25, -0.2) is 14.4 Å². The van der Waals surface area contributed by atoms with Gasteiger partial charge in [0.2, 0.25) is 0 Å². The third kappa shape index (κ3) is 13.3. The topological polar surface area (TPSA) is 88.6 Å². The van der Waals surface area contributed by atoms with Crippen LogP contribution >= 0.6 is 0 Å². The van der Waals surface area contributed by atoms with Crippen LogP contribution in [0.1, 0.15) is 82.1 Å². The average Bonchev–Trinajstić information content (AvgIpc) is 2.65. The summed E-state index contributed by atoms with van der Waals surface area (Å²) in [7, 11) is 0. The lowest BCUT2D eigenvalue weighted by atomic mass is 10.1. The maximum Gasteiger partial charge on any atom is 0.410 e. The van der Waals surface area contributed by atoms with Crippen LogP contribution in [-0.4, -0.2) is 89.1 Å². The molecule has 0 unspecified atom stereocenters. The van der Waals surface area contributed by atoms with Gasteiger partial charge >= 0.3 is 18.3 Å². The van der Waals surface area contributed by atoms with E-state index in [2.05, 4.69) is 6.08 Å². The summed E-state index contributed by atoms with van der Waals surface area (Å²) in [6.07, 6.45) is 2.06. The summed E-state index contributed by atoms with van der Waals surface area (Å²) in [5.74, 6) is 0. The Bertz CT molecular complexity index is 759. The Morgan fingerprint density at radius 2 is 0.914 bits per heavy atom. The van der Waals surface area contributed by atoms with E-state index < -0.39 is 35.1 Å². The normalized spacial score (nSPS) is 18.9. The van der Waals surface area contributed by atoms with E-state index in [-0.39, 0.29) is 26.2 Å². The van der Waals surface area contributed by atoms with Crippen molar-refractivity contribution in [2.75, 3.05) is 39.3 Å². The standard InChI is InChI=1S/C26H47N3O6/c1-20-12-11-14-27(21(30)33-24(2,3)4)16-18-29(23(32)35-26(8,9)10)19-17-28(15-13-20)22(31)34-25(5,6)7/h12H,11,13-19H2,1-10H3/b20-12-. The molecule has 0 fully saturated rings. The highest BCUT2D eigenvalue weighted by Crippen LogP contribution is 2.16. The molecule has 0 atom stereocenters. The first-order valence-corrected chi connectivity index (χ1v) is 12.5. The third-order valence-corrected chi connectivity index (χ3v) is 4.90. The lowest BCUT2D eigenvalue weighted by Crippen LogP contribution is -2.48. The summed E-state index contributed by atoms with van der Waals surface area (Å²) in [5.41, 5.74) is -0.800. The molecule has 35 heavy (non-hydrogen) atoms. The lowest BCUT2D eigenvalue weighted by Gasteiger charge is -2.32. The monoisotopic (exact) mass is 497 g/mol. The molecule has 0 aromatic rings. The molecule has 1 aliphatic heterocycles. The van der Waals surface area contributed by atoms with Crippen LogP contribution in [0.3, 0.4) is 0 Å². The Morgan fingerprint density at radius 3 is 1.26 bits per heavy atom. The van der Waals surface area contributed by atoms with Gasteiger partial charge in [0, 0.05) is 39.3 Å². The Hall–Kier alpha value is -2.45. The van der Waals surface area contributed by atoms with Crippen LogP contribution in [0, 0.1) is 0 Å². The third-order valence-electron chi connectivity index (χ3n) is 4.90. The van der Waals surface area contributed by atoms with Gasteiger partial charge in [0.25, 0.3) is 0 Å². The molecule has 0 aromatic heterocycles. The number of rotatable bonds is 0. The summed E-state index contributed by atoms with van der Waals surface area (Å²) in [5, 5.41) is 0. The molecule has 202 valence electrons. The van der Waals surface area contributed by atoms with E-state index in [0.29, 0.717) is 25.9 Å². The first kappa shape index (κ1) is 30.6. The fraction of sp³-hybridized carbons (Fsp3) is 0.808. The predicted molar refractivity (Wildman–Crippen MR) is 136 cm³/mol. The minimum Gasteiger partial charge on any atom is -0.444 e. The van der Waals surface area contributed by atoms with Crippen LogP contribution in [0.2, 0.25) is 0 Å². The van der Waals surface area contributed by atoms with Crippen LogP contribution in [0.15, 0.2) is 11.6 Å². The fourth-order valence-electron chi connectivity index (χ4n) is 3.23. The van der Waals surface area contributed by atoms with Crippen LogP contribution < -0.4 is 0 Å². The minimum absolute atomic E-state index is 0.249. The van der Waals surface area contributed by atoms with E-state index in [9.17, 15) is 14.4 Å². The van der Waals surface area contributed by atoms with Crippen molar-refractivity contribution in [3.63, 3.8) is 0 Å². The summed E-state index contributed by atoms with van der Waals surface area (Å²) >= 11 is 0. The van der Waals surface area contributed by atoms with Crippen molar-refractivity contribution in [1.82, 2.24) is 14.7 Å². The number of carbonyl (C=O) groups is 3. The molecule has 0 aliphatic carbocycles. The fourth-order valence-corrected chi connectivity index (χ4v) is 3.23. The predicted octanol–water partition coefficient (Wildman–Crippen LogP) is 5.44. The molecule has 9 nitrogen and oxygen atoms in total. The molecular formula is C26H47N3O6. The minimum atomic E-state index is -0.672. The van der Waals surface area contributed by atoms with E-state index in [1.54, 1.807) is 30.6 Å². The number of ether oxygens (including phenoxy) is 3. The zero-order valence-corrected chi connectivity index (χ0v) is 23.5. The second kappa shape index (κ2) is 12.5. The molecule has 3 amide bonds. The number of carbonyl (C=O) groups excluding carboxylic acids is 3. The van der Waals surface area contributed by atoms with Crippen LogP contribution in [0.4, 0.5) is 14.4 Å². The highest BCUT2D eigenvalue weighted by molar-refractivity contribution is 5.70. The van der Waals surface area contributed by atoms with Crippen LogP contribution in [-0.2, 0) is 14.2 Å². The molecule has 1 aliphatic rings. The lowest BCUT2D eigenvalue weighted by molar-refractivity contribution is 0.00875. The summed E-state index contributed by atoms with van der Waals surface area (Å²) < 4.78 is 16.8. The Labute approximate surface area is 211 Å². The molecule has 1 heterocycles. The van der Waals surface area contributed by atoms with Crippen molar-refractivity contribution in [1.29, 1.82) is 0 Å². The van der Waals surface area contributed by atoms with Gasteiger partial charge in [-0.1, -0.05) is 11.6 Å². The second-order valence-corrected chi connectivity index (χ2v) is 12.0. The molecule has 0 N–H and O–H groups in total. The van der Waals surface area contributed by atoms with Gasteiger partial charge in [0.1, 0.15) is 16.8 Å². The molecule has 0 aromatic carbocycles. The zero-order chi connectivity index (χ0) is 27.0. The quantitative estimate of drug-likeness (QED) is 0.327. The molecule has 9 heteroatoms. The van der Waals surface area contributed by atoms with Gasteiger partial charge in [0.05, 0.1) is 0 Å². The Kier molecular flexibility index (Phi) is 10.9. The van der Waals surface area contributed by atoms with E-state index in [1.807, 2.05) is 48.5 Å². The number of nitrogens with zero attached hydrogens (tertiary/aromatic N) is 3. The summed E-state index contributed by atoms with van der Waals surface area (Å²) in [4.78, 5) is 43.5. The molecular weight excluding hydrogens is 450 g/mol. The summed E-state index contributed by atoms with van der Waals surface area (Å²) in [6, 6.07) is 0. The highest BCUT2D eigenvalue weighted by atomic mass is 16.6. The first-order chi connectivity index (χ1) is 15.9. The van der Waals surface area contributed by atoms with E-state index in [0.717, 1.165) is 5.57 Å². The molecule has 0 saturated heterocycles. The van der Waals surface area contributed by atoms with Crippen molar-refractivity contribution >= 4 is 18.3 Å². The first-order valence-electron chi connectivity index (χ1n) is 12.5. The number of hydrogen-bond donors (Lipinski definition) is 0. The van der Waals surface area contributed by atoms with Crippen molar-refractivity contribution in [3.05, 3.63) is 11.6 Å². The SMILES string of the molecule is C/C1=C/CCN(C(=O)OC(C)(C)C)CCN(C(=O)OC(C)(C)C)CCN(C(=O)OC(C)(C)C)CC1. The Balaban J connectivity index is 3.17. The van der Waals surface area contributed by atoms with E-state index in [1.165, 1.54) is 4.90 Å². The van der Waals surface area contributed by atoms with Crippen LogP contribution in [0.25, 0.3) is 0 Å². The molecule has 0 saturated carbocycles. The smallest absolute Gasteiger partial charge is 0.410 e. The maximum atomic E-state index is 13.0. The van der Waals surface area contributed by atoms with Gasteiger partial charge in [-0.15, -0.1) is 0 Å². The van der Waals surface area contributed by atoms with Crippen LogP contribution in [0.5, 0.6) is 0 Å². The van der Waals surface area contributed by atoms with Gasteiger partial charge in [-0.05, 0) is 82.1 Å². The van der Waals surface area contributed by atoms with Gasteiger partial charge in [-0.2, -0.15) is 0 Å². The van der Waals surface area contributed by atoms with E-state index >= 15 is 0 Å². The van der Waals surface area contributed by atoms with Gasteiger partial charge in [-0.3, -0.25) is 0 Å². The molecule has 0 radical (unpaired) electrons. The van der Waals surface area contributed by atoms with Crippen molar-refractivity contribution in [2.24, 2.45) is 0 Å². The van der Waals surface area contributed by atoms with Gasteiger partial charge < -0.3 is 28.9 Å². The Morgan fingerprint density at radius 1 is 0.600 bits per heavy atom. The second-order valence-electron chi connectivity index (χ2n) is 12.0. The average molecular weight is 498 g/mol. The number of amides is 3. The number of hydrogen-bond acceptors (Lipinski definition) is 6. The van der Waals surface area contributed by atoms with E-state index in [4.69, 9.17) is 14.2 Å². The molecule has 1 rings (SSSR count). The maximum absolute atomic E-state index is 13.0. The van der Waals surface area contributed by atoms with Crippen molar-refractivity contribution in [2.45, 2.75) is 98.9 Å². The summed E-state index contributed by atoms with van der Waals surface area (Å²) in [6.45, 7) is 20.4. The van der Waals surface area contributed by atoms with Gasteiger partial charge in [0.15, 0.2) is 0 Å². The molecule has 0 bridgehead atoms. The largest absolute Gasteiger partial charge is 0.444 e. The highest BCUT2D eigenvalue weighted by Gasteiger charge is 2.28. The molecule has 0 spiro atoms.